The monoisotopic (exact) mass is 298 g/mol. The SMILES string of the molecule is O=[N+]([O-])c1ccc2c(cnn2Cc2ccccc2[N+](=O)[O-])c1. The van der Waals surface area contributed by atoms with Crippen LogP contribution in [-0.4, -0.2) is 19.6 Å². The fraction of sp³-hybridized carbons (Fsp3) is 0.0714. The Morgan fingerprint density at radius 2 is 1.82 bits per heavy atom. The molecule has 0 N–H and O–H groups in total. The zero-order valence-corrected chi connectivity index (χ0v) is 11.2. The molecule has 1 aromatic heterocycles. The number of rotatable bonds is 4. The lowest BCUT2D eigenvalue weighted by molar-refractivity contribution is -0.385. The molecule has 0 unspecified atom stereocenters. The molecule has 0 radical (unpaired) electrons. The average molecular weight is 298 g/mol. The molecule has 3 aromatic rings. The fourth-order valence-corrected chi connectivity index (χ4v) is 2.30. The van der Waals surface area contributed by atoms with Crippen molar-refractivity contribution in [1.82, 2.24) is 9.78 Å². The molecular weight excluding hydrogens is 288 g/mol. The maximum Gasteiger partial charge on any atom is 0.274 e. The third-order valence-corrected chi connectivity index (χ3v) is 3.34. The first-order chi connectivity index (χ1) is 10.6. The first-order valence-corrected chi connectivity index (χ1v) is 6.38. The van der Waals surface area contributed by atoms with E-state index in [4.69, 9.17) is 0 Å². The normalized spacial score (nSPS) is 10.7. The van der Waals surface area contributed by atoms with Gasteiger partial charge in [-0.25, -0.2) is 0 Å². The zero-order chi connectivity index (χ0) is 15.7. The van der Waals surface area contributed by atoms with Gasteiger partial charge < -0.3 is 0 Å². The van der Waals surface area contributed by atoms with Crippen molar-refractivity contribution >= 4 is 22.3 Å². The lowest BCUT2D eigenvalue weighted by Gasteiger charge is -2.04. The van der Waals surface area contributed by atoms with E-state index in [1.54, 1.807) is 28.9 Å². The summed E-state index contributed by atoms with van der Waals surface area (Å²) in [7, 11) is 0. The van der Waals surface area contributed by atoms with Crippen molar-refractivity contribution in [2.45, 2.75) is 6.54 Å². The smallest absolute Gasteiger partial charge is 0.260 e. The molecule has 0 aliphatic rings. The number of hydrogen-bond acceptors (Lipinski definition) is 5. The van der Waals surface area contributed by atoms with E-state index in [-0.39, 0.29) is 17.9 Å². The molecule has 0 aliphatic heterocycles. The molecule has 0 spiro atoms. The molecule has 2 aromatic carbocycles. The third kappa shape index (κ3) is 2.37. The molecule has 22 heavy (non-hydrogen) atoms. The fourth-order valence-electron chi connectivity index (χ4n) is 2.30. The zero-order valence-electron chi connectivity index (χ0n) is 11.2. The molecular formula is C14H10N4O4. The molecule has 8 nitrogen and oxygen atoms in total. The summed E-state index contributed by atoms with van der Waals surface area (Å²) in [6.45, 7) is 0.221. The third-order valence-electron chi connectivity index (χ3n) is 3.34. The van der Waals surface area contributed by atoms with Crippen LogP contribution in [0.1, 0.15) is 5.56 Å². The van der Waals surface area contributed by atoms with Gasteiger partial charge in [0.1, 0.15) is 0 Å². The lowest BCUT2D eigenvalue weighted by atomic mass is 10.2. The van der Waals surface area contributed by atoms with Gasteiger partial charge in [-0.2, -0.15) is 5.10 Å². The largest absolute Gasteiger partial charge is 0.274 e. The Balaban J connectivity index is 2.02. The van der Waals surface area contributed by atoms with Gasteiger partial charge in [0.25, 0.3) is 11.4 Å². The number of hydrogen-bond donors (Lipinski definition) is 0. The minimum atomic E-state index is -0.473. The van der Waals surface area contributed by atoms with Crippen molar-refractivity contribution in [3.8, 4) is 0 Å². The predicted octanol–water partition coefficient (Wildman–Crippen LogP) is 2.90. The van der Waals surface area contributed by atoms with Crippen LogP contribution >= 0.6 is 0 Å². The Kier molecular flexibility index (Phi) is 3.26. The van der Waals surface area contributed by atoms with E-state index in [0.29, 0.717) is 16.5 Å². The van der Waals surface area contributed by atoms with Gasteiger partial charge in [-0.05, 0) is 6.07 Å². The first kappa shape index (κ1) is 13.7. The molecule has 0 saturated heterocycles. The molecule has 8 heteroatoms. The Hall–Kier alpha value is -3.29. The number of para-hydroxylation sites is 1. The van der Waals surface area contributed by atoms with Crippen molar-refractivity contribution < 1.29 is 9.85 Å². The molecule has 0 amide bonds. The summed E-state index contributed by atoms with van der Waals surface area (Å²) >= 11 is 0. The van der Waals surface area contributed by atoms with Gasteiger partial charge in [0, 0.05) is 23.6 Å². The number of nitrogens with zero attached hydrogens (tertiary/aromatic N) is 4. The van der Waals surface area contributed by atoms with Gasteiger partial charge >= 0.3 is 0 Å². The van der Waals surface area contributed by atoms with Gasteiger partial charge in [0.05, 0.1) is 33.7 Å². The Labute approximate surface area is 123 Å². The van der Waals surface area contributed by atoms with E-state index in [1.165, 1.54) is 24.4 Å². The maximum atomic E-state index is 11.0. The lowest BCUT2D eigenvalue weighted by Crippen LogP contribution is -2.04. The highest BCUT2D eigenvalue weighted by Gasteiger charge is 2.15. The van der Waals surface area contributed by atoms with Crippen molar-refractivity contribution in [2.24, 2.45) is 0 Å². The van der Waals surface area contributed by atoms with Gasteiger partial charge in [-0.15, -0.1) is 0 Å². The van der Waals surface area contributed by atoms with Crippen LogP contribution < -0.4 is 0 Å². The summed E-state index contributed by atoms with van der Waals surface area (Å²) in [6, 6.07) is 10.8. The van der Waals surface area contributed by atoms with E-state index in [2.05, 4.69) is 5.10 Å². The maximum absolute atomic E-state index is 11.0. The van der Waals surface area contributed by atoms with Gasteiger partial charge in [0.2, 0.25) is 0 Å². The quantitative estimate of drug-likeness (QED) is 0.544. The average Bonchev–Trinajstić information content (AvgIpc) is 2.90. The molecule has 0 atom stereocenters. The Morgan fingerprint density at radius 3 is 2.55 bits per heavy atom. The van der Waals surface area contributed by atoms with Gasteiger partial charge in [-0.1, -0.05) is 18.2 Å². The molecule has 0 saturated carbocycles. The van der Waals surface area contributed by atoms with Crippen LogP contribution in [0.25, 0.3) is 10.9 Å². The predicted molar refractivity (Wildman–Crippen MR) is 78.6 cm³/mol. The van der Waals surface area contributed by atoms with Crippen molar-refractivity contribution in [3.05, 3.63) is 74.5 Å². The standard InChI is InChI=1S/C14H10N4O4/c19-17(20)12-5-6-13-11(7-12)8-15-16(13)9-10-3-1-2-4-14(10)18(21)22/h1-8H,9H2. The second-order valence-electron chi connectivity index (χ2n) is 4.69. The summed E-state index contributed by atoms with van der Waals surface area (Å²) in [5.41, 5.74) is 1.21. The second-order valence-corrected chi connectivity index (χ2v) is 4.69. The van der Waals surface area contributed by atoms with Gasteiger partial charge in [-0.3, -0.25) is 24.9 Å². The van der Waals surface area contributed by atoms with Gasteiger partial charge in [0.15, 0.2) is 0 Å². The topological polar surface area (TPSA) is 104 Å². The summed E-state index contributed by atoms with van der Waals surface area (Å²) < 4.78 is 1.58. The number of nitro groups is 2. The minimum Gasteiger partial charge on any atom is -0.260 e. The molecule has 110 valence electrons. The summed E-state index contributed by atoms with van der Waals surface area (Å²) in [4.78, 5) is 20.9. The van der Waals surface area contributed by atoms with E-state index in [1.807, 2.05) is 0 Å². The van der Waals surface area contributed by atoms with E-state index in [9.17, 15) is 20.2 Å². The van der Waals surface area contributed by atoms with Crippen LogP contribution in [0.4, 0.5) is 11.4 Å². The number of nitro benzene ring substituents is 2. The van der Waals surface area contributed by atoms with Crippen LogP contribution in [-0.2, 0) is 6.54 Å². The minimum absolute atomic E-state index is 0.0160. The Bertz CT molecular complexity index is 887. The van der Waals surface area contributed by atoms with Crippen LogP contribution in [0.3, 0.4) is 0 Å². The summed E-state index contributed by atoms with van der Waals surface area (Å²) in [6.07, 6.45) is 1.51. The second kappa shape index (κ2) is 5.24. The summed E-state index contributed by atoms with van der Waals surface area (Å²) in [5.74, 6) is 0. The molecule has 3 rings (SSSR count). The van der Waals surface area contributed by atoms with Crippen molar-refractivity contribution in [3.63, 3.8) is 0 Å². The van der Waals surface area contributed by atoms with Crippen molar-refractivity contribution in [1.29, 1.82) is 0 Å². The van der Waals surface area contributed by atoms with E-state index < -0.39 is 9.85 Å². The number of benzene rings is 2. The number of aromatic nitrogens is 2. The van der Waals surface area contributed by atoms with E-state index >= 15 is 0 Å². The van der Waals surface area contributed by atoms with Crippen LogP contribution in [0.15, 0.2) is 48.7 Å². The van der Waals surface area contributed by atoms with Crippen LogP contribution in [0, 0.1) is 20.2 Å². The Morgan fingerprint density at radius 1 is 1.05 bits per heavy atom. The highest BCUT2D eigenvalue weighted by molar-refractivity contribution is 5.81. The molecule has 0 aliphatic carbocycles. The number of non-ortho nitro benzene ring substituents is 1. The molecule has 1 heterocycles. The summed E-state index contributed by atoms with van der Waals surface area (Å²) in [5, 5.41) is 26.6. The highest BCUT2D eigenvalue weighted by atomic mass is 16.6. The number of fused-ring (bicyclic) bond motifs is 1. The first-order valence-electron chi connectivity index (χ1n) is 6.38. The molecule has 0 fully saturated rings. The van der Waals surface area contributed by atoms with Crippen LogP contribution in [0.5, 0.6) is 0 Å². The molecule has 0 bridgehead atoms. The van der Waals surface area contributed by atoms with Crippen LogP contribution in [0.2, 0.25) is 0 Å². The van der Waals surface area contributed by atoms with Crippen molar-refractivity contribution in [2.75, 3.05) is 0 Å². The van der Waals surface area contributed by atoms with E-state index in [0.717, 1.165) is 0 Å². The highest BCUT2D eigenvalue weighted by Crippen LogP contribution is 2.23.